The second-order valence-corrected chi connectivity index (χ2v) is 8.29. The van der Waals surface area contributed by atoms with E-state index in [-0.39, 0.29) is 29.2 Å². The lowest BCUT2D eigenvalue weighted by molar-refractivity contribution is 0.0865. The summed E-state index contributed by atoms with van der Waals surface area (Å²) in [4.78, 5) is 36.2. The van der Waals surface area contributed by atoms with Crippen LogP contribution in [0.4, 0.5) is 10.5 Å². The van der Waals surface area contributed by atoms with E-state index in [9.17, 15) is 22.8 Å². The number of anilines is 1. The average Bonchev–Trinajstić information content (AvgIpc) is 2.89. The minimum absolute atomic E-state index is 0.0665. The van der Waals surface area contributed by atoms with Crippen molar-refractivity contribution in [3.05, 3.63) is 70.1 Å². The maximum Gasteiger partial charge on any atom is 0.411 e. The van der Waals surface area contributed by atoms with Gasteiger partial charge in [0.05, 0.1) is 18.7 Å². The monoisotopic (exact) mass is 428 g/mol. The molecule has 0 saturated heterocycles. The molecule has 0 radical (unpaired) electrons. The zero-order valence-electron chi connectivity index (χ0n) is 15.7. The summed E-state index contributed by atoms with van der Waals surface area (Å²) in [5.74, 6) is -0.660. The minimum Gasteiger partial charge on any atom is -0.450 e. The summed E-state index contributed by atoms with van der Waals surface area (Å²) in [6.07, 6.45) is -0.665. The highest BCUT2D eigenvalue weighted by molar-refractivity contribution is 7.90. The Balaban J connectivity index is 1.73. The number of nitrogens with zero attached hydrogens (tertiary/aromatic N) is 1. The molecular formula is C20H16N2O7S. The summed E-state index contributed by atoms with van der Waals surface area (Å²) in [6.45, 7) is 1.53. The molecule has 0 spiro atoms. The first-order valence-electron chi connectivity index (χ1n) is 8.98. The van der Waals surface area contributed by atoms with Gasteiger partial charge < -0.3 is 9.15 Å². The molecule has 0 unspecified atom stereocenters. The van der Waals surface area contributed by atoms with Gasteiger partial charge in [-0.25, -0.2) is 22.3 Å². The van der Waals surface area contributed by atoms with Gasteiger partial charge >= 0.3 is 11.7 Å². The first kappa shape index (κ1) is 19.6. The Morgan fingerprint density at radius 3 is 2.63 bits per heavy atom. The molecule has 0 saturated carbocycles. The van der Waals surface area contributed by atoms with Gasteiger partial charge in [0, 0.05) is 23.2 Å². The molecule has 2 aromatic carbocycles. The second kappa shape index (κ2) is 7.30. The number of carbonyl (C=O) groups is 2. The van der Waals surface area contributed by atoms with Crippen molar-refractivity contribution in [1.29, 1.82) is 0 Å². The van der Waals surface area contributed by atoms with Crippen molar-refractivity contribution in [2.75, 3.05) is 11.9 Å². The van der Waals surface area contributed by atoms with Gasteiger partial charge in [-0.3, -0.25) is 10.1 Å². The fourth-order valence-corrected chi connectivity index (χ4v) is 4.81. The van der Waals surface area contributed by atoms with Gasteiger partial charge in [0.15, 0.2) is 0 Å². The van der Waals surface area contributed by atoms with E-state index in [0.717, 1.165) is 10.4 Å². The zero-order valence-corrected chi connectivity index (χ0v) is 16.6. The van der Waals surface area contributed by atoms with Gasteiger partial charge in [-0.15, -0.1) is 0 Å². The van der Waals surface area contributed by atoms with Crippen LogP contribution >= 0.6 is 0 Å². The van der Waals surface area contributed by atoms with Crippen LogP contribution in [0.2, 0.25) is 0 Å². The van der Waals surface area contributed by atoms with Gasteiger partial charge in [-0.1, -0.05) is 12.1 Å². The third kappa shape index (κ3) is 3.30. The molecule has 4 rings (SSSR count). The number of carbonyl (C=O) groups excluding carboxylic acids is 2. The zero-order chi connectivity index (χ0) is 21.5. The van der Waals surface area contributed by atoms with Crippen molar-refractivity contribution in [1.82, 2.24) is 4.31 Å². The highest BCUT2D eigenvalue weighted by atomic mass is 32.2. The van der Waals surface area contributed by atoms with E-state index in [0.29, 0.717) is 16.6 Å². The van der Waals surface area contributed by atoms with Crippen LogP contribution in [0.15, 0.2) is 62.6 Å². The number of sulfonamides is 1. The lowest BCUT2D eigenvalue weighted by Gasteiger charge is -2.16. The van der Waals surface area contributed by atoms with Gasteiger partial charge in [-0.05, 0) is 36.8 Å². The molecule has 1 aromatic heterocycles. The van der Waals surface area contributed by atoms with E-state index >= 15 is 0 Å². The molecule has 0 aliphatic carbocycles. The third-order valence-electron chi connectivity index (χ3n) is 4.58. The molecule has 10 heteroatoms. The summed E-state index contributed by atoms with van der Waals surface area (Å²) in [6, 6.07) is 11.6. The molecule has 3 aromatic rings. The summed E-state index contributed by atoms with van der Waals surface area (Å²) >= 11 is 0. The first-order valence-corrected chi connectivity index (χ1v) is 10.4. The number of hydrogen-bond donors (Lipinski definition) is 1. The Hall–Kier alpha value is -3.66. The number of ether oxygens (including phenoxy) is 1. The number of fused-ring (bicyclic) bond motifs is 2. The van der Waals surface area contributed by atoms with E-state index in [2.05, 4.69) is 5.32 Å². The molecule has 30 heavy (non-hydrogen) atoms. The maximum atomic E-state index is 12.8. The third-order valence-corrected chi connectivity index (χ3v) is 6.37. The molecule has 9 nitrogen and oxygen atoms in total. The van der Waals surface area contributed by atoms with Gasteiger partial charge in [-0.2, -0.15) is 0 Å². The number of amides is 2. The quantitative estimate of drug-likeness (QED) is 0.634. The van der Waals surface area contributed by atoms with E-state index in [1.165, 1.54) is 24.3 Å². The predicted molar refractivity (Wildman–Crippen MR) is 107 cm³/mol. The largest absolute Gasteiger partial charge is 0.450 e. The van der Waals surface area contributed by atoms with Crippen molar-refractivity contribution >= 4 is 38.7 Å². The summed E-state index contributed by atoms with van der Waals surface area (Å²) < 4.78 is 36.3. The maximum absolute atomic E-state index is 12.8. The lowest BCUT2D eigenvalue weighted by Crippen LogP contribution is -2.29. The lowest BCUT2D eigenvalue weighted by atomic mass is 10.1. The van der Waals surface area contributed by atoms with Crippen molar-refractivity contribution in [2.45, 2.75) is 18.4 Å². The summed E-state index contributed by atoms with van der Waals surface area (Å²) in [5, 5.41) is 2.93. The van der Waals surface area contributed by atoms with Gasteiger partial charge in [0.25, 0.3) is 15.9 Å². The van der Waals surface area contributed by atoms with Crippen LogP contribution in [0.5, 0.6) is 0 Å². The van der Waals surface area contributed by atoms with E-state index in [4.69, 9.17) is 9.15 Å². The number of hydrogen-bond acceptors (Lipinski definition) is 7. The molecular weight excluding hydrogens is 412 g/mol. The smallest absolute Gasteiger partial charge is 0.411 e. The highest BCUT2D eigenvalue weighted by Gasteiger charge is 2.41. The number of benzene rings is 2. The van der Waals surface area contributed by atoms with Crippen LogP contribution < -0.4 is 10.9 Å². The fraction of sp³-hybridized carbons (Fsp3) is 0.150. The summed E-state index contributed by atoms with van der Waals surface area (Å²) in [7, 11) is -4.03. The Bertz CT molecular complexity index is 1340. The number of nitrogens with one attached hydrogen (secondary N) is 1. The molecule has 154 valence electrons. The van der Waals surface area contributed by atoms with Crippen molar-refractivity contribution in [2.24, 2.45) is 0 Å². The van der Waals surface area contributed by atoms with Crippen molar-refractivity contribution in [3.8, 4) is 0 Å². The fourth-order valence-electron chi connectivity index (χ4n) is 3.27. The van der Waals surface area contributed by atoms with Crippen LogP contribution in [0.25, 0.3) is 11.0 Å². The molecule has 0 bridgehead atoms. The summed E-state index contributed by atoms with van der Waals surface area (Å²) in [5.41, 5.74) is 0.138. The molecule has 1 N–H and O–H groups in total. The van der Waals surface area contributed by atoms with E-state index < -0.39 is 27.6 Å². The minimum atomic E-state index is -4.03. The number of rotatable bonds is 4. The molecule has 0 fully saturated rings. The standard InChI is InChI=1S/C20H16N2O7S/c1-2-28-20(25)21-13-7-8-14-12(9-18(23)29-16(14)10-13)11-22-19(24)15-5-3-4-6-17(15)30(22,26)27/h3-10H,2,11H2,1H3,(H,21,25). The van der Waals surface area contributed by atoms with Crippen molar-refractivity contribution in [3.63, 3.8) is 0 Å². The van der Waals surface area contributed by atoms with Crippen LogP contribution in [-0.4, -0.2) is 31.3 Å². The molecule has 1 aliphatic heterocycles. The van der Waals surface area contributed by atoms with Crippen molar-refractivity contribution < 1.29 is 27.2 Å². The van der Waals surface area contributed by atoms with Crippen LogP contribution in [0, 0.1) is 0 Å². The second-order valence-electron chi connectivity index (χ2n) is 6.46. The Kier molecular flexibility index (Phi) is 4.78. The van der Waals surface area contributed by atoms with Crippen LogP contribution in [0.3, 0.4) is 0 Å². The molecule has 2 amide bonds. The molecule has 1 aliphatic rings. The SMILES string of the molecule is CCOC(=O)Nc1ccc2c(CN3C(=O)c4ccccc4S3(=O)=O)cc(=O)oc2c1. The van der Waals surface area contributed by atoms with Crippen LogP contribution in [0.1, 0.15) is 22.8 Å². The van der Waals surface area contributed by atoms with Gasteiger partial charge in [0.2, 0.25) is 0 Å². The predicted octanol–water partition coefficient (Wildman–Crippen LogP) is 2.71. The average molecular weight is 428 g/mol. The van der Waals surface area contributed by atoms with E-state index in [1.54, 1.807) is 25.1 Å². The highest BCUT2D eigenvalue weighted by Crippen LogP contribution is 2.32. The van der Waals surface area contributed by atoms with Crippen LogP contribution in [-0.2, 0) is 21.3 Å². The molecule has 0 atom stereocenters. The Labute approximate surface area is 170 Å². The first-order chi connectivity index (χ1) is 14.3. The normalized spacial score (nSPS) is 14.6. The Morgan fingerprint density at radius 1 is 1.13 bits per heavy atom. The topological polar surface area (TPSA) is 123 Å². The Morgan fingerprint density at radius 2 is 1.90 bits per heavy atom. The molecule has 2 heterocycles. The van der Waals surface area contributed by atoms with Gasteiger partial charge in [0.1, 0.15) is 10.5 Å². The van der Waals surface area contributed by atoms with E-state index in [1.807, 2.05) is 0 Å².